The van der Waals surface area contributed by atoms with Crippen molar-refractivity contribution in [1.29, 1.82) is 0 Å². The molecule has 0 bridgehead atoms. The van der Waals surface area contributed by atoms with Gasteiger partial charge in [0.05, 0.1) is 13.2 Å². The van der Waals surface area contributed by atoms with E-state index in [1.807, 2.05) is 30.3 Å². The lowest BCUT2D eigenvalue weighted by molar-refractivity contribution is -0.0738. The van der Waals surface area contributed by atoms with Crippen LogP contribution in [0.5, 0.6) is 0 Å². The third-order valence-electron chi connectivity index (χ3n) is 3.36. The van der Waals surface area contributed by atoms with Crippen molar-refractivity contribution in [2.75, 3.05) is 13.2 Å². The Morgan fingerprint density at radius 2 is 1.94 bits per heavy atom. The molecule has 4 nitrogen and oxygen atoms in total. The second kappa shape index (κ2) is 3.53. The highest BCUT2D eigenvalue weighted by Gasteiger charge is 2.56. The molecule has 1 aromatic carbocycles. The quantitative estimate of drug-likeness (QED) is 0.704. The van der Waals surface area contributed by atoms with Crippen molar-refractivity contribution in [2.45, 2.75) is 23.9 Å². The van der Waals surface area contributed by atoms with E-state index in [1.54, 1.807) is 0 Å². The number of benzene rings is 1. The molecule has 3 rings (SSSR count). The second-order valence-electron chi connectivity index (χ2n) is 4.39. The number of rotatable bonds is 1. The Kier molecular flexibility index (Phi) is 2.26. The number of ether oxygens (including phenoxy) is 2. The minimum Gasteiger partial charge on any atom is -0.388 e. The largest absolute Gasteiger partial charge is 0.388 e. The molecule has 0 amide bonds. The van der Waals surface area contributed by atoms with E-state index >= 15 is 0 Å². The molecule has 2 heterocycles. The minimum absolute atomic E-state index is 0.170. The van der Waals surface area contributed by atoms with Crippen molar-refractivity contribution in [3.05, 3.63) is 35.9 Å². The normalized spacial score (nSPS) is 42.2. The molecule has 4 heteroatoms. The number of hydrogen-bond donors (Lipinski definition) is 2. The summed E-state index contributed by atoms with van der Waals surface area (Å²) in [6, 6.07) is 9.32. The van der Waals surface area contributed by atoms with Gasteiger partial charge in [-0.25, -0.2) is 0 Å². The first-order valence-electron chi connectivity index (χ1n) is 5.41. The Bertz CT molecular complexity index is 380. The average Bonchev–Trinajstić information content (AvgIpc) is 2.84. The number of hydrogen-bond acceptors (Lipinski definition) is 4. The van der Waals surface area contributed by atoms with Gasteiger partial charge in [0.15, 0.2) is 0 Å². The van der Waals surface area contributed by atoms with E-state index in [1.165, 1.54) is 0 Å². The Morgan fingerprint density at radius 3 is 2.69 bits per heavy atom. The zero-order valence-electron chi connectivity index (χ0n) is 8.74. The van der Waals surface area contributed by atoms with Crippen LogP contribution in [-0.2, 0) is 15.1 Å². The fourth-order valence-corrected chi connectivity index (χ4v) is 2.48. The number of aliphatic hydroxyl groups excluding tert-OH is 1. The molecule has 86 valence electrons. The first-order chi connectivity index (χ1) is 7.72. The van der Waals surface area contributed by atoms with Gasteiger partial charge in [0.2, 0.25) is 0 Å². The second-order valence-corrected chi connectivity index (χ2v) is 4.39. The summed E-state index contributed by atoms with van der Waals surface area (Å²) in [5.41, 5.74) is -0.361. The van der Waals surface area contributed by atoms with Crippen LogP contribution in [0, 0.1) is 0 Å². The molecule has 0 spiro atoms. The zero-order chi connectivity index (χ0) is 11.2. The molecule has 0 aromatic heterocycles. The van der Waals surface area contributed by atoms with Gasteiger partial charge in [0.1, 0.15) is 23.9 Å². The van der Waals surface area contributed by atoms with Gasteiger partial charge < -0.3 is 19.7 Å². The van der Waals surface area contributed by atoms with E-state index in [9.17, 15) is 10.2 Å². The fourth-order valence-electron chi connectivity index (χ4n) is 2.48. The van der Waals surface area contributed by atoms with E-state index in [4.69, 9.17) is 9.47 Å². The maximum absolute atomic E-state index is 10.6. The maximum atomic E-state index is 10.6. The number of aliphatic hydroxyl groups is 2. The predicted octanol–water partition coefficient (Wildman–Crippen LogP) is 0.0327. The third-order valence-corrected chi connectivity index (χ3v) is 3.36. The van der Waals surface area contributed by atoms with Gasteiger partial charge in [-0.05, 0) is 5.56 Å². The van der Waals surface area contributed by atoms with Crippen LogP contribution < -0.4 is 0 Å². The summed E-state index contributed by atoms with van der Waals surface area (Å²) >= 11 is 0. The lowest BCUT2D eigenvalue weighted by atomic mass is 9.88. The van der Waals surface area contributed by atoms with Gasteiger partial charge in [0, 0.05) is 0 Å². The third kappa shape index (κ3) is 1.31. The molecule has 2 saturated heterocycles. The maximum Gasteiger partial charge on any atom is 0.141 e. The molecule has 2 N–H and O–H groups in total. The molecule has 0 aliphatic carbocycles. The van der Waals surface area contributed by atoms with Crippen molar-refractivity contribution >= 4 is 0 Å². The van der Waals surface area contributed by atoms with Crippen LogP contribution in [0.2, 0.25) is 0 Å². The van der Waals surface area contributed by atoms with E-state index < -0.39 is 23.9 Å². The number of fused-ring (bicyclic) bond motifs is 1. The summed E-state index contributed by atoms with van der Waals surface area (Å²) in [7, 11) is 0. The zero-order valence-corrected chi connectivity index (χ0v) is 8.74. The molecular formula is C12H14O4. The highest BCUT2D eigenvalue weighted by Crippen LogP contribution is 2.40. The lowest BCUT2D eigenvalue weighted by Crippen LogP contribution is -2.41. The van der Waals surface area contributed by atoms with Crippen LogP contribution in [0.25, 0.3) is 0 Å². The van der Waals surface area contributed by atoms with Crippen molar-refractivity contribution < 1.29 is 19.7 Å². The van der Waals surface area contributed by atoms with Crippen molar-refractivity contribution in [3.63, 3.8) is 0 Å². The van der Waals surface area contributed by atoms with Gasteiger partial charge in [-0.2, -0.15) is 0 Å². The first kappa shape index (κ1) is 10.2. The molecule has 0 unspecified atom stereocenters. The molecule has 4 atom stereocenters. The van der Waals surface area contributed by atoms with Gasteiger partial charge in [-0.1, -0.05) is 30.3 Å². The lowest BCUT2D eigenvalue weighted by Gasteiger charge is -2.27. The summed E-state index contributed by atoms with van der Waals surface area (Å²) in [6.07, 6.45) is -1.52. The summed E-state index contributed by atoms with van der Waals surface area (Å²) < 4.78 is 10.9. The van der Waals surface area contributed by atoms with E-state index in [0.717, 1.165) is 5.56 Å². The standard InChI is InChI=1S/C12H14O4/c13-9-6-15-11-10(9)16-7-12(11,14)8-4-2-1-3-5-8/h1-5,9-11,13-14H,6-7H2/t9-,10-,11+,12+/m1/s1. The SMILES string of the molecule is O[C@@H]1CO[C@H]2[C@@H]1OC[C@]2(O)c1ccccc1. The summed E-state index contributed by atoms with van der Waals surface area (Å²) in [6.45, 7) is 0.397. The molecule has 2 aliphatic heterocycles. The smallest absolute Gasteiger partial charge is 0.141 e. The minimum atomic E-state index is -1.14. The van der Waals surface area contributed by atoms with E-state index in [2.05, 4.69) is 0 Å². The van der Waals surface area contributed by atoms with Gasteiger partial charge in [-0.15, -0.1) is 0 Å². The molecule has 16 heavy (non-hydrogen) atoms. The predicted molar refractivity (Wildman–Crippen MR) is 55.8 cm³/mol. The molecule has 0 radical (unpaired) electrons. The van der Waals surface area contributed by atoms with Crippen LogP contribution in [0.1, 0.15) is 5.56 Å². The van der Waals surface area contributed by atoms with E-state index in [-0.39, 0.29) is 13.2 Å². The Hall–Kier alpha value is -0.940. The van der Waals surface area contributed by atoms with Gasteiger partial charge >= 0.3 is 0 Å². The van der Waals surface area contributed by atoms with Crippen molar-refractivity contribution in [3.8, 4) is 0 Å². The van der Waals surface area contributed by atoms with Gasteiger partial charge in [-0.3, -0.25) is 0 Å². The average molecular weight is 222 g/mol. The highest BCUT2D eigenvalue weighted by atomic mass is 16.6. The van der Waals surface area contributed by atoms with Crippen LogP contribution in [0.4, 0.5) is 0 Å². The van der Waals surface area contributed by atoms with Crippen molar-refractivity contribution in [2.24, 2.45) is 0 Å². The Labute approximate surface area is 93.4 Å². The summed E-state index contributed by atoms with van der Waals surface area (Å²) in [4.78, 5) is 0. The topological polar surface area (TPSA) is 58.9 Å². The summed E-state index contributed by atoms with van der Waals surface area (Å²) in [5.74, 6) is 0. The van der Waals surface area contributed by atoms with Crippen LogP contribution in [-0.4, -0.2) is 41.7 Å². The van der Waals surface area contributed by atoms with Gasteiger partial charge in [0.25, 0.3) is 0 Å². The molecule has 2 fully saturated rings. The van der Waals surface area contributed by atoms with Crippen LogP contribution in [0.15, 0.2) is 30.3 Å². The monoisotopic (exact) mass is 222 g/mol. The molecule has 2 aliphatic rings. The van der Waals surface area contributed by atoms with E-state index in [0.29, 0.717) is 0 Å². The fraction of sp³-hybridized carbons (Fsp3) is 0.500. The van der Waals surface area contributed by atoms with Crippen molar-refractivity contribution in [1.82, 2.24) is 0 Å². The van der Waals surface area contributed by atoms with Crippen LogP contribution >= 0.6 is 0 Å². The summed E-state index contributed by atoms with van der Waals surface area (Å²) in [5, 5.41) is 20.2. The molecule has 1 aromatic rings. The highest BCUT2D eigenvalue weighted by molar-refractivity contribution is 5.27. The first-order valence-corrected chi connectivity index (χ1v) is 5.41. The molecular weight excluding hydrogens is 208 g/mol. The molecule has 0 saturated carbocycles. The van der Waals surface area contributed by atoms with Crippen LogP contribution in [0.3, 0.4) is 0 Å². The Balaban J connectivity index is 1.95. The Morgan fingerprint density at radius 1 is 1.19 bits per heavy atom.